The molecule has 0 saturated carbocycles. The molecule has 0 aromatic heterocycles. The molecule has 0 amide bonds. The molecule has 1 aliphatic rings. The third-order valence-electron chi connectivity index (χ3n) is 5.01. The second-order valence-corrected chi connectivity index (χ2v) is 6.42. The number of rotatable bonds is 7. The van der Waals surface area contributed by atoms with Gasteiger partial charge in [0, 0.05) is 5.41 Å². The zero-order valence-corrected chi connectivity index (χ0v) is 13.2. The fourth-order valence-corrected chi connectivity index (χ4v) is 2.69. The van der Waals surface area contributed by atoms with E-state index >= 15 is 0 Å². The summed E-state index contributed by atoms with van der Waals surface area (Å²) in [5, 5.41) is 0. The molecule has 0 fully saturated rings. The SMILES string of the molecule is C=NC1(C)C=CC1(C)C(=C)/C=C\CC(CC)C(C)C. The van der Waals surface area contributed by atoms with Crippen LogP contribution in [-0.2, 0) is 0 Å². The van der Waals surface area contributed by atoms with Gasteiger partial charge in [-0.25, -0.2) is 0 Å². The summed E-state index contributed by atoms with van der Waals surface area (Å²) < 4.78 is 0. The van der Waals surface area contributed by atoms with Crippen LogP contribution in [0.15, 0.2) is 41.4 Å². The van der Waals surface area contributed by atoms with E-state index in [1.165, 1.54) is 6.42 Å². The minimum Gasteiger partial charge on any atom is -0.289 e. The third kappa shape index (κ3) is 2.91. The molecule has 1 heteroatoms. The maximum absolute atomic E-state index is 4.26. The van der Waals surface area contributed by atoms with Gasteiger partial charge < -0.3 is 0 Å². The molecule has 1 nitrogen and oxygen atoms in total. The number of nitrogens with zero attached hydrogens (tertiary/aromatic N) is 1. The Kier molecular flexibility index (Phi) is 4.95. The van der Waals surface area contributed by atoms with Gasteiger partial charge in [-0.15, -0.1) is 0 Å². The molecule has 3 unspecified atom stereocenters. The third-order valence-corrected chi connectivity index (χ3v) is 5.01. The van der Waals surface area contributed by atoms with Gasteiger partial charge in [0.2, 0.25) is 0 Å². The standard InChI is InChI=1S/C18H29N/c1-8-16(14(2)3)11-9-10-15(4)17(5)12-13-18(17,6)19-7/h9-10,12-14,16H,4,7-8,11H2,1-3,5-6H3/b10-9-. The minimum atomic E-state index is -0.198. The Labute approximate surface area is 119 Å². The molecule has 1 aliphatic carbocycles. The van der Waals surface area contributed by atoms with Crippen molar-refractivity contribution < 1.29 is 0 Å². The van der Waals surface area contributed by atoms with Crippen molar-refractivity contribution >= 4 is 6.72 Å². The van der Waals surface area contributed by atoms with Crippen molar-refractivity contribution in [3.63, 3.8) is 0 Å². The molecule has 3 atom stereocenters. The van der Waals surface area contributed by atoms with Crippen LogP contribution in [-0.4, -0.2) is 12.3 Å². The van der Waals surface area contributed by atoms with Crippen molar-refractivity contribution in [3.8, 4) is 0 Å². The molecular formula is C18H29N. The molecule has 0 N–H and O–H groups in total. The Morgan fingerprint density at radius 1 is 1.32 bits per heavy atom. The number of aliphatic imine (C=N–C) groups is 1. The second kappa shape index (κ2) is 5.90. The summed E-state index contributed by atoms with van der Waals surface area (Å²) in [4.78, 5) is 4.26. The van der Waals surface area contributed by atoms with Gasteiger partial charge in [0.25, 0.3) is 0 Å². The van der Waals surface area contributed by atoms with Crippen LogP contribution in [0, 0.1) is 17.3 Å². The topological polar surface area (TPSA) is 12.4 Å². The Balaban J connectivity index is 2.66. The number of allylic oxidation sites excluding steroid dienone is 2. The second-order valence-electron chi connectivity index (χ2n) is 6.42. The summed E-state index contributed by atoms with van der Waals surface area (Å²) in [6.07, 6.45) is 11.1. The van der Waals surface area contributed by atoms with Gasteiger partial charge in [0.1, 0.15) is 0 Å². The van der Waals surface area contributed by atoms with Crippen LogP contribution < -0.4 is 0 Å². The summed E-state index contributed by atoms with van der Waals surface area (Å²) in [7, 11) is 0. The van der Waals surface area contributed by atoms with Crippen LogP contribution in [0.4, 0.5) is 0 Å². The predicted octanol–water partition coefficient (Wildman–Crippen LogP) is 5.21. The Morgan fingerprint density at radius 3 is 2.32 bits per heavy atom. The van der Waals surface area contributed by atoms with Crippen molar-refractivity contribution in [2.24, 2.45) is 22.2 Å². The smallest absolute Gasteiger partial charge is 0.0880 e. The van der Waals surface area contributed by atoms with Crippen molar-refractivity contribution in [1.29, 1.82) is 0 Å². The Hall–Kier alpha value is -1.11. The van der Waals surface area contributed by atoms with E-state index < -0.39 is 0 Å². The highest BCUT2D eigenvalue weighted by Crippen LogP contribution is 2.50. The Morgan fingerprint density at radius 2 is 1.95 bits per heavy atom. The largest absolute Gasteiger partial charge is 0.289 e. The van der Waals surface area contributed by atoms with Gasteiger partial charge in [-0.2, -0.15) is 0 Å². The highest BCUT2D eigenvalue weighted by molar-refractivity contribution is 5.47. The summed E-state index contributed by atoms with van der Waals surface area (Å²) >= 11 is 0. The molecule has 19 heavy (non-hydrogen) atoms. The van der Waals surface area contributed by atoms with Crippen LogP contribution in [0.5, 0.6) is 0 Å². The monoisotopic (exact) mass is 259 g/mol. The van der Waals surface area contributed by atoms with Gasteiger partial charge in [-0.05, 0) is 44.4 Å². The van der Waals surface area contributed by atoms with Gasteiger partial charge in [-0.1, -0.05) is 58.1 Å². The molecule has 0 spiro atoms. The molecule has 0 saturated heterocycles. The van der Waals surface area contributed by atoms with E-state index in [4.69, 9.17) is 0 Å². The highest BCUT2D eigenvalue weighted by Gasteiger charge is 2.48. The summed E-state index contributed by atoms with van der Waals surface area (Å²) in [5.74, 6) is 1.50. The first-order valence-electron chi connectivity index (χ1n) is 7.35. The van der Waals surface area contributed by atoms with Gasteiger partial charge >= 0.3 is 0 Å². The van der Waals surface area contributed by atoms with E-state index in [9.17, 15) is 0 Å². The van der Waals surface area contributed by atoms with E-state index in [0.29, 0.717) is 0 Å². The lowest BCUT2D eigenvalue weighted by molar-refractivity contribution is 0.298. The van der Waals surface area contributed by atoms with E-state index in [1.807, 2.05) is 0 Å². The Bertz CT molecular complexity index is 402. The molecule has 106 valence electrons. The molecule has 0 radical (unpaired) electrons. The van der Waals surface area contributed by atoms with Crippen LogP contribution in [0.1, 0.15) is 47.5 Å². The molecule has 1 rings (SSSR count). The molecule has 0 heterocycles. The van der Waals surface area contributed by atoms with Gasteiger partial charge in [-0.3, -0.25) is 4.99 Å². The lowest BCUT2D eigenvalue weighted by Crippen LogP contribution is -2.46. The van der Waals surface area contributed by atoms with Crippen LogP contribution >= 0.6 is 0 Å². The molecular weight excluding hydrogens is 230 g/mol. The fraction of sp³-hybridized carbons (Fsp3) is 0.611. The van der Waals surface area contributed by atoms with E-state index in [-0.39, 0.29) is 11.0 Å². The summed E-state index contributed by atoms with van der Waals surface area (Å²) in [5.41, 5.74) is 0.852. The van der Waals surface area contributed by atoms with E-state index in [1.54, 1.807) is 0 Å². The van der Waals surface area contributed by atoms with Crippen LogP contribution in [0.25, 0.3) is 0 Å². The molecule has 0 bridgehead atoms. The van der Waals surface area contributed by atoms with Gasteiger partial charge in [0.15, 0.2) is 0 Å². The van der Waals surface area contributed by atoms with Crippen molar-refractivity contribution in [2.75, 3.05) is 0 Å². The molecule has 0 aromatic carbocycles. The zero-order valence-electron chi connectivity index (χ0n) is 13.2. The summed E-state index contributed by atoms with van der Waals surface area (Å²) in [6.45, 7) is 19.1. The molecule has 0 aliphatic heterocycles. The lowest BCUT2D eigenvalue weighted by Gasteiger charge is -2.47. The summed E-state index contributed by atoms with van der Waals surface area (Å²) in [6, 6.07) is 0. The van der Waals surface area contributed by atoms with Crippen molar-refractivity contribution in [3.05, 3.63) is 36.5 Å². The minimum absolute atomic E-state index is 0.0786. The first-order chi connectivity index (χ1) is 8.80. The maximum atomic E-state index is 4.26. The highest BCUT2D eigenvalue weighted by atomic mass is 14.9. The van der Waals surface area contributed by atoms with Crippen molar-refractivity contribution in [1.82, 2.24) is 0 Å². The average molecular weight is 259 g/mol. The molecule has 0 aromatic rings. The predicted molar refractivity (Wildman–Crippen MR) is 86.7 cm³/mol. The van der Waals surface area contributed by atoms with Crippen molar-refractivity contribution in [2.45, 2.75) is 53.0 Å². The van der Waals surface area contributed by atoms with Crippen LogP contribution in [0.3, 0.4) is 0 Å². The first-order valence-corrected chi connectivity index (χ1v) is 7.35. The first kappa shape index (κ1) is 15.9. The maximum Gasteiger partial charge on any atom is 0.0880 e. The lowest BCUT2D eigenvalue weighted by atomic mass is 9.60. The normalized spacial score (nSPS) is 31.5. The van der Waals surface area contributed by atoms with Crippen LogP contribution in [0.2, 0.25) is 0 Å². The zero-order chi connectivity index (χ0) is 14.7. The quantitative estimate of drug-likeness (QED) is 0.338. The number of hydrogen-bond acceptors (Lipinski definition) is 1. The van der Waals surface area contributed by atoms with E-state index in [0.717, 1.165) is 23.8 Å². The number of hydrogen-bond donors (Lipinski definition) is 0. The van der Waals surface area contributed by atoms with E-state index in [2.05, 4.69) is 77.2 Å². The van der Waals surface area contributed by atoms with Gasteiger partial charge in [0.05, 0.1) is 5.54 Å². The fourth-order valence-electron chi connectivity index (χ4n) is 2.69. The average Bonchev–Trinajstić information content (AvgIpc) is 2.39.